The van der Waals surface area contributed by atoms with E-state index in [1.54, 1.807) is 11.3 Å². The fourth-order valence-electron chi connectivity index (χ4n) is 1.33. The fraction of sp³-hybridized carbons (Fsp3) is 0.545. The van der Waals surface area contributed by atoms with Crippen molar-refractivity contribution in [1.82, 2.24) is 5.32 Å². The maximum Gasteiger partial charge on any atom is 0.220 e. The molecule has 3 N–H and O–H groups in total. The summed E-state index contributed by atoms with van der Waals surface area (Å²) in [5.41, 5.74) is 5.34. The normalized spacial score (nSPS) is 12.5. The summed E-state index contributed by atoms with van der Waals surface area (Å²) in [5.74, 6) is 0.0824. The average Bonchev–Trinajstić information content (AvgIpc) is 2.61. The van der Waals surface area contributed by atoms with Crippen molar-refractivity contribution in [3.05, 3.63) is 21.9 Å². The van der Waals surface area contributed by atoms with Crippen LogP contribution in [0.2, 0.25) is 0 Å². The van der Waals surface area contributed by atoms with Crippen LogP contribution in [0.25, 0.3) is 0 Å². The zero-order chi connectivity index (χ0) is 11.3. The molecule has 0 aliphatic rings. The maximum absolute atomic E-state index is 11.4. The van der Waals surface area contributed by atoms with Gasteiger partial charge in [0, 0.05) is 16.2 Å². The van der Waals surface area contributed by atoms with Crippen molar-refractivity contribution >= 4 is 17.2 Å². The largest absolute Gasteiger partial charge is 0.349 e. The number of hydrogen-bond acceptors (Lipinski definition) is 3. The Morgan fingerprint density at radius 1 is 1.60 bits per heavy atom. The van der Waals surface area contributed by atoms with E-state index < -0.39 is 0 Å². The zero-order valence-electron chi connectivity index (χ0n) is 9.25. The number of nitrogens with one attached hydrogen (secondary N) is 1. The molecule has 1 atom stereocenters. The Bertz CT molecular complexity index is 322. The first-order chi connectivity index (χ1) is 7.13. The monoisotopic (exact) mass is 226 g/mol. The summed E-state index contributed by atoms with van der Waals surface area (Å²) in [7, 11) is 0. The molecule has 1 amide bonds. The van der Waals surface area contributed by atoms with Crippen molar-refractivity contribution in [2.45, 2.75) is 32.7 Å². The van der Waals surface area contributed by atoms with E-state index in [4.69, 9.17) is 5.73 Å². The predicted octanol–water partition coefficient (Wildman–Crippen LogP) is 1.97. The average molecular weight is 226 g/mol. The molecule has 3 nitrogen and oxygen atoms in total. The fourth-order valence-corrected chi connectivity index (χ4v) is 2.21. The van der Waals surface area contributed by atoms with Crippen LogP contribution in [-0.2, 0) is 4.79 Å². The molecular formula is C11H18N2OS. The van der Waals surface area contributed by atoms with Crippen LogP contribution < -0.4 is 11.1 Å². The number of hydrogen-bond donors (Lipinski definition) is 2. The van der Waals surface area contributed by atoms with E-state index in [9.17, 15) is 4.79 Å². The van der Waals surface area contributed by atoms with Gasteiger partial charge in [0.1, 0.15) is 0 Å². The summed E-state index contributed by atoms with van der Waals surface area (Å²) < 4.78 is 0. The molecule has 1 heterocycles. The first-order valence-corrected chi connectivity index (χ1v) is 6.01. The van der Waals surface area contributed by atoms with Crippen LogP contribution >= 0.6 is 11.3 Å². The van der Waals surface area contributed by atoms with E-state index in [-0.39, 0.29) is 11.9 Å². The van der Waals surface area contributed by atoms with Gasteiger partial charge < -0.3 is 11.1 Å². The molecule has 1 rings (SSSR count). The molecule has 0 fully saturated rings. The summed E-state index contributed by atoms with van der Waals surface area (Å²) in [6, 6.07) is 4.24. The van der Waals surface area contributed by atoms with Gasteiger partial charge in [-0.25, -0.2) is 0 Å². The smallest absolute Gasteiger partial charge is 0.220 e. The van der Waals surface area contributed by atoms with Crippen molar-refractivity contribution in [1.29, 1.82) is 0 Å². The van der Waals surface area contributed by atoms with E-state index >= 15 is 0 Å². The van der Waals surface area contributed by atoms with Gasteiger partial charge in [0.05, 0.1) is 6.04 Å². The minimum Gasteiger partial charge on any atom is -0.349 e. The third-order valence-electron chi connectivity index (χ3n) is 2.17. The highest BCUT2D eigenvalue weighted by Gasteiger charge is 2.10. The van der Waals surface area contributed by atoms with Crippen molar-refractivity contribution in [3.63, 3.8) is 0 Å². The number of carbonyl (C=O) groups excluding carboxylic acids is 1. The Labute approximate surface area is 94.7 Å². The van der Waals surface area contributed by atoms with Crippen molar-refractivity contribution < 1.29 is 4.79 Å². The summed E-state index contributed by atoms with van der Waals surface area (Å²) in [6.45, 7) is 4.64. The number of nitrogens with two attached hydrogens (primary N) is 1. The molecule has 4 heteroatoms. The second-order valence-electron chi connectivity index (χ2n) is 3.63. The Kier molecular flexibility index (Phi) is 4.78. The Balaban J connectivity index is 2.41. The van der Waals surface area contributed by atoms with Gasteiger partial charge in [-0.1, -0.05) is 0 Å². The molecule has 84 valence electrons. The van der Waals surface area contributed by atoms with Gasteiger partial charge in [-0.3, -0.25) is 4.79 Å². The molecule has 0 saturated heterocycles. The summed E-state index contributed by atoms with van der Waals surface area (Å²) in [4.78, 5) is 13.9. The predicted molar refractivity (Wildman–Crippen MR) is 63.9 cm³/mol. The highest BCUT2D eigenvalue weighted by atomic mass is 32.1. The zero-order valence-corrected chi connectivity index (χ0v) is 10.1. The Morgan fingerprint density at radius 3 is 2.87 bits per heavy atom. The summed E-state index contributed by atoms with van der Waals surface area (Å²) in [6.07, 6.45) is 1.27. The van der Waals surface area contributed by atoms with Crippen LogP contribution in [0.1, 0.15) is 35.6 Å². The highest BCUT2D eigenvalue weighted by Crippen LogP contribution is 2.22. The summed E-state index contributed by atoms with van der Waals surface area (Å²) in [5, 5.41) is 2.96. The van der Waals surface area contributed by atoms with Crippen LogP contribution in [0.15, 0.2) is 12.1 Å². The lowest BCUT2D eigenvalue weighted by Gasteiger charge is -2.11. The molecule has 0 aliphatic carbocycles. The molecule has 1 aromatic rings. The molecule has 0 aromatic carbocycles. The quantitative estimate of drug-likeness (QED) is 0.806. The van der Waals surface area contributed by atoms with Crippen LogP contribution in [0.4, 0.5) is 0 Å². The minimum atomic E-state index is 0.0824. The van der Waals surface area contributed by atoms with Gasteiger partial charge in [0.2, 0.25) is 5.91 Å². The van der Waals surface area contributed by atoms with Crippen molar-refractivity contribution in [2.24, 2.45) is 5.73 Å². The second kappa shape index (κ2) is 5.88. The standard InChI is InChI=1S/C11H18N2OS/c1-8-5-6-10(15-8)9(2)13-11(14)4-3-7-12/h5-6,9H,3-4,7,12H2,1-2H3,(H,13,14). The van der Waals surface area contributed by atoms with Crippen molar-refractivity contribution in [3.8, 4) is 0 Å². The Hall–Kier alpha value is -0.870. The second-order valence-corrected chi connectivity index (χ2v) is 4.95. The van der Waals surface area contributed by atoms with Gasteiger partial charge in [-0.2, -0.15) is 0 Å². The molecular weight excluding hydrogens is 208 g/mol. The molecule has 1 unspecified atom stereocenters. The number of thiophene rings is 1. The van der Waals surface area contributed by atoms with Crippen LogP contribution in [0.5, 0.6) is 0 Å². The highest BCUT2D eigenvalue weighted by molar-refractivity contribution is 7.12. The minimum absolute atomic E-state index is 0.0824. The molecule has 1 aromatic heterocycles. The van der Waals surface area contributed by atoms with Gasteiger partial charge in [-0.05, 0) is 38.9 Å². The SMILES string of the molecule is Cc1ccc(C(C)NC(=O)CCCN)s1. The first kappa shape index (κ1) is 12.2. The lowest BCUT2D eigenvalue weighted by Crippen LogP contribution is -2.26. The third-order valence-corrected chi connectivity index (χ3v) is 3.36. The molecule has 0 radical (unpaired) electrons. The number of aryl methyl sites for hydroxylation is 1. The third kappa shape index (κ3) is 4.01. The van der Waals surface area contributed by atoms with Gasteiger partial charge in [-0.15, -0.1) is 11.3 Å². The van der Waals surface area contributed by atoms with E-state index in [2.05, 4.69) is 24.4 Å². The van der Waals surface area contributed by atoms with Gasteiger partial charge in [0.15, 0.2) is 0 Å². The van der Waals surface area contributed by atoms with Gasteiger partial charge in [0.25, 0.3) is 0 Å². The number of carbonyl (C=O) groups is 1. The lowest BCUT2D eigenvalue weighted by molar-refractivity contribution is -0.121. The molecule has 0 bridgehead atoms. The first-order valence-electron chi connectivity index (χ1n) is 5.19. The number of amides is 1. The van der Waals surface area contributed by atoms with E-state index in [0.29, 0.717) is 13.0 Å². The molecule has 0 spiro atoms. The van der Waals surface area contributed by atoms with E-state index in [0.717, 1.165) is 6.42 Å². The topological polar surface area (TPSA) is 55.1 Å². The summed E-state index contributed by atoms with van der Waals surface area (Å²) >= 11 is 1.72. The van der Waals surface area contributed by atoms with Crippen LogP contribution in [0.3, 0.4) is 0 Å². The molecule has 0 aliphatic heterocycles. The molecule has 15 heavy (non-hydrogen) atoms. The van der Waals surface area contributed by atoms with Crippen LogP contribution in [-0.4, -0.2) is 12.5 Å². The maximum atomic E-state index is 11.4. The molecule has 0 saturated carbocycles. The van der Waals surface area contributed by atoms with Crippen LogP contribution in [0, 0.1) is 6.92 Å². The Morgan fingerprint density at radius 2 is 2.33 bits per heavy atom. The van der Waals surface area contributed by atoms with E-state index in [1.165, 1.54) is 9.75 Å². The van der Waals surface area contributed by atoms with Gasteiger partial charge >= 0.3 is 0 Å². The van der Waals surface area contributed by atoms with E-state index in [1.807, 2.05) is 6.92 Å². The number of rotatable bonds is 5. The van der Waals surface area contributed by atoms with Crippen molar-refractivity contribution in [2.75, 3.05) is 6.54 Å². The lowest BCUT2D eigenvalue weighted by atomic mass is 10.2.